The van der Waals surface area contributed by atoms with Gasteiger partial charge in [0.15, 0.2) is 0 Å². The number of hydrogen-bond acceptors (Lipinski definition) is 4. The molecule has 0 aromatic rings. The quantitative estimate of drug-likeness (QED) is 0.660. The van der Waals surface area contributed by atoms with Crippen molar-refractivity contribution in [3.8, 4) is 6.07 Å². The Bertz CT molecular complexity index is 517. The first-order chi connectivity index (χ1) is 9.17. The van der Waals surface area contributed by atoms with Crippen LogP contribution >= 0.6 is 0 Å². The molecule has 4 fully saturated rings. The molecule has 0 radical (unpaired) electrons. The predicted octanol–water partition coefficient (Wildman–Crippen LogP) is 1.10. The molecule has 0 spiro atoms. The van der Waals surface area contributed by atoms with Gasteiger partial charge in [0.1, 0.15) is 6.07 Å². The van der Waals surface area contributed by atoms with Crippen molar-refractivity contribution in [3.05, 3.63) is 0 Å². The third-order valence-electron chi connectivity index (χ3n) is 5.39. The summed E-state index contributed by atoms with van der Waals surface area (Å²) in [5.74, 6) is 1.27. The summed E-state index contributed by atoms with van der Waals surface area (Å²) in [6.07, 6.45) is 5.99. The highest BCUT2D eigenvalue weighted by Gasteiger charge is 2.53. The number of ketones is 1. The molecule has 5 nitrogen and oxygen atoms in total. The Morgan fingerprint density at radius 3 is 2.11 bits per heavy atom. The summed E-state index contributed by atoms with van der Waals surface area (Å²) in [5.41, 5.74) is -0.237. The number of nitriles is 1. The van der Waals surface area contributed by atoms with Gasteiger partial charge >= 0.3 is 5.91 Å². The van der Waals surface area contributed by atoms with Crippen LogP contribution in [0.15, 0.2) is 5.10 Å². The number of Topliss-reactive ketones (excluding diaryl/α,β-unsaturated/α-hetero) is 1. The lowest BCUT2D eigenvalue weighted by Gasteiger charge is -2.55. The van der Waals surface area contributed by atoms with Crippen LogP contribution in [0.4, 0.5) is 0 Å². The molecule has 98 valence electrons. The largest absolute Gasteiger partial charge is 0.317 e. The van der Waals surface area contributed by atoms with Crippen molar-refractivity contribution >= 4 is 17.4 Å². The van der Waals surface area contributed by atoms with E-state index in [4.69, 9.17) is 5.26 Å². The summed E-state index contributed by atoms with van der Waals surface area (Å²) in [7, 11) is 0. The van der Waals surface area contributed by atoms with Gasteiger partial charge in [-0.25, -0.2) is 5.01 Å². The van der Waals surface area contributed by atoms with E-state index in [9.17, 15) is 9.59 Å². The van der Waals surface area contributed by atoms with Crippen molar-refractivity contribution in [1.29, 1.82) is 5.26 Å². The molecule has 1 aliphatic heterocycles. The van der Waals surface area contributed by atoms with Gasteiger partial charge in [-0.15, -0.1) is 0 Å². The molecular weight excluding hydrogens is 242 g/mol. The molecule has 0 atom stereocenters. The SMILES string of the molecule is N#CC1=NN(C2C3CC4CC(C3)CC2C4)C(=O)C1=O. The molecule has 4 bridgehead atoms. The molecule has 19 heavy (non-hydrogen) atoms. The summed E-state index contributed by atoms with van der Waals surface area (Å²) in [5, 5.41) is 14.2. The molecular formula is C14H15N3O2. The van der Waals surface area contributed by atoms with Gasteiger partial charge in [0.05, 0.1) is 6.04 Å². The Kier molecular flexibility index (Phi) is 2.15. The maximum atomic E-state index is 12.0. The molecule has 4 aliphatic carbocycles. The van der Waals surface area contributed by atoms with E-state index in [2.05, 4.69) is 5.10 Å². The lowest BCUT2D eigenvalue weighted by molar-refractivity contribution is -0.148. The van der Waals surface area contributed by atoms with Crippen LogP contribution in [0.5, 0.6) is 0 Å². The Hall–Kier alpha value is -1.70. The van der Waals surface area contributed by atoms with E-state index in [0.717, 1.165) is 37.5 Å². The predicted molar refractivity (Wildman–Crippen MR) is 65.7 cm³/mol. The van der Waals surface area contributed by atoms with Crippen molar-refractivity contribution in [1.82, 2.24) is 5.01 Å². The van der Waals surface area contributed by atoms with Gasteiger partial charge in [-0.2, -0.15) is 10.4 Å². The zero-order valence-corrected chi connectivity index (χ0v) is 10.6. The average Bonchev–Trinajstić information content (AvgIpc) is 2.66. The van der Waals surface area contributed by atoms with Crippen LogP contribution in [-0.2, 0) is 9.59 Å². The molecule has 1 amide bonds. The Labute approximate surface area is 111 Å². The smallest absolute Gasteiger partial charge is 0.280 e. The Morgan fingerprint density at radius 2 is 1.63 bits per heavy atom. The number of hydrazone groups is 1. The minimum absolute atomic E-state index is 0.0649. The van der Waals surface area contributed by atoms with Crippen molar-refractivity contribution in [3.63, 3.8) is 0 Å². The van der Waals surface area contributed by atoms with Crippen LogP contribution in [0.3, 0.4) is 0 Å². The highest BCUT2D eigenvalue weighted by Crippen LogP contribution is 2.55. The van der Waals surface area contributed by atoms with E-state index >= 15 is 0 Å². The highest BCUT2D eigenvalue weighted by molar-refractivity contribution is 6.69. The summed E-state index contributed by atoms with van der Waals surface area (Å²) >= 11 is 0. The van der Waals surface area contributed by atoms with Crippen LogP contribution in [0.25, 0.3) is 0 Å². The van der Waals surface area contributed by atoms with Crippen LogP contribution < -0.4 is 0 Å². The van der Waals surface area contributed by atoms with Crippen molar-refractivity contribution in [2.24, 2.45) is 28.8 Å². The average molecular weight is 257 g/mol. The first-order valence-electron chi connectivity index (χ1n) is 7.04. The van der Waals surface area contributed by atoms with Crippen LogP contribution in [0, 0.1) is 35.0 Å². The molecule has 4 saturated carbocycles. The summed E-state index contributed by atoms with van der Waals surface area (Å²) in [4.78, 5) is 23.6. The normalized spacial score (nSPS) is 43.6. The van der Waals surface area contributed by atoms with E-state index in [1.54, 1.807) is 6.07 Å². The molecule has 5 heteroatoms. The van der Waals surface area contributed by atoms with Crippen molar-refractivity contribution in [2.75, 3.05) is 0 Å². The molecule has 0 aromatic heterocycles. The zero-order valence-electron chi connectivity index (χ0n) is 10.6. The van der Waals surface area contributed by atoms with Gasteiger partial charge < -0.3 is 0 Å². The minimum Gasteiger partial charge on any atom is -0.280 e. The van der Waals surface area contributed by atoms with Gasteiger partial charge in [-0.1, -0.05) is 0 Å². The Balaban J connectivity index is 1.67. The second-order valence-electron chi connectivity index (χ2n) is 6.46. The maximum Gasteiger partial charge on any atom is 0.317 e. The van der Waals surface area contributed by atoms with Crippen LogP contribution in [-0.4, -0.2) is 28.5 Å². The monoisotopic (exact) mass is 257 g/mol. The van der Waals surface area contributed by atoms with E-state index in [1.165, 1.54) is 11.4 Å². The summed E-state index contributed by atoms with van der Waals surface area (Å²) in [6, 6.07) is 1.80. The van der Waals surface area contributed by atoms with Gasteiger partial charge in [-0.05, 0) is 55.8 Å². The molecule has 5 rings (SSSR count). The molecule has 0 N–H and O–H groups in total. The van der Waals surface area contributed by atoms with E-state index in [1.807, 2.05) is 0 Å². The van der Waals surface area contributed by atoms with E-state index < -0.39 is 11.7 Å². The lowest BCUT2D eigenvalue weighted by atomic mass is 9.54. The maximum absolute atomic E-state index is 12.0. The second kappa shape index (κ2) is 3.66. The fraction of sp³-hybridized carbons (Fsp3) is 0.714. The molecule has 0 saturated heterocycles. The molecule has 1 heterocycles. The van der Waals surface area contributed by atoms with Gasteiger partial charge in [-0.3, -0.25) is 9.59 Å². The van der Waals surface area contributed by atoms with Gasteiger partial charge in [0.25, 0.3) is 5.78 Å². The number of rotatable bonds is 1. The number of amides is 1. The van der Waals surface area contributed by atoms with Gasteiger partial charge in [0, 0.05) is 0 Å². The molecule has 5 aliphatic rings. The number of carbonyl (C=O) groups excluding carboxylic acids is 2. The summed E-state index contributed by atoms with van der Waals surface area (Å²) < 4.78 is 0. The number of nitrogens with zero attached hydrogens (tertiary/aromatic N) is 3. The van der Waals surface area contributed by atoms with E-state index in [-0.39, 0.29) is 11.8 Å². The fourth-order valence-electron chi connectivity index (χ4n) is 4.97. The Morgan fingerprint density at radius 1 is 1.05 bits per heavy atom. The summed E-state index contributed by atoms with van der Waals surface area (Å²) in [6.45, 7) is 0. The number of hydrogen-bond donors (Lipinski definition) is 0. The first kappa shape index (κ1) is 11.2. The van der Waals surface area contributed by atoms with Crippen LogP contribution in [0.1, 0.15) is 32.1 Å². The third-order valence-corrected chi connectivity index (χ3v) is 5.39. The standard InChI is InChI=1S/C14H15N3O2/c15-6-11-13(18)14(19)17(16-11)12-9-2-7-1-8(4-9)5-10(12)3-7/h7-10,12H,1-5H2. The third kappa shape index (κ3) is 1.43. The topological polar surface area (TPSA) is 73.5 Å². The minimum atomic E-state index is -0.726. The van der Waals surface area contributed by atoms with Gasteiger partial charge in [0.2, 0.25) is 5.71 Å². The zero-order chi connectivity index (χ0) is 13.1. The van der Waals surface area contributed by atoms with Crippen molar-refractivity contribution in [2.45, 2.75) is 38.1 Å². The fourth-order valence-corrected chi connectivity index (χ4v) is 4.97. The molecule has 0 unspecified atom stereocenters. The lowest BCUT2D eigenvalue weighted by Crippen LogP contribution is -2.55. The molecule has 0 aromatic carbocycles. The number of carbonyl (C=O) groups is 2. The van der Waals surface area contributed by atoms with Crippen molar-refractivity contribution < 1.29 is 9.59 Å². The second-order valence-corrected chi connectivity index (χ2v) is 6.46. The van der Waals surface area contributed by atoms with E-state index in [0.29, 0.717) is 11.8 Å². The first-order valence-corrected chi connectivity index (χ1v) is 7.04. The van der Waals surface area contributed by atoms with Crippen LogP contribution in [0.2, 0.25) is 0 Å². The highest BCUT2D eigenvalue weighted by atomic mass is 16.2.